The number of rotatable bonds is 4. The zero-order chi connectivity index (χ0) is 15.4. The Morgan fingerprint density at radius 3 is 2.55 bits per heavy atom. The van der Waals surface area contributed by atoms with Crippen LogP contribution in [0.3, 0.4) is 0 Å². The van der Waals surface area contributed by atoms with E-state index in [1.54, 1.807) is 20.4 Å². The smallest absolute Gasteiger partial charge is 0.126 e. The average Bonchev–Trinajstić information content (AvgIpc) is 2.59. The summed E-state index contributed by atoms with van der Waals surface area (Å²) in [7, 11) is 3.30. The molecule has 0 spiro atoms. The molecule has 0 unspecified atom stereocenters. The summed E-state index contributed by atoms with van der Waals surface area (Å²) in [5, 5.41) is 9.24. The van der Waals surface area contributed by atoms with Crippen molar-refractivity contribution in [2.45, 2.75) is 0 Å². The third-order valence-corrected chi connectivity index (χ3v) is 3.46. The molecule has 0 aliphatic heterocycles. The van der Waals surface area contributed by atoms with Crippen molar-refractivity contribution in [1.29, 1.82) is 0 Å². The fraction of sp³-hybridized carbons (Fsp3) is 0.111. The standard InChI is InChI=1S/C18H16N2O2/c1-21-15-9-10-18(22-2)13(11-15)7-8-14-12-19-20-17-6-4-3-5-16(14)17/h3-12H,1-2H3/b8-7+. The number of fused-ring (bicyclic) bond motifs is 1. The van der Waals surface area contributed by atoms with E-state index in [4.69, 9.17) is 9.47 Å². The lowest BCUT2D eigenvalue weighted by Gasteiger charge is -2.07. The molecule has 4 nitrogen and oxygen atoms in total. The number of methoxy groups -OCH3 is 2. The van der Waals surface area contributed by atoms with Crippen LogP contribution < -0.4 is 9.47 Å². The highest BCUT2D eigenvalue weighted by atomic mass is 16.5. The minimum absolute atomic E-state index is 0.790. The third-order valence-electron chi connectivity index (χ3n) is 3.46. The molecule has 0 aliphatic rings. The van der Waals surface area contributed by atoms with Gasteiger partial charge in [0.05, 0.1) is 25.9 Å². The van der Waals surface area contributed by atoms with Crippen LogP contribution in [0.4, 0.5) is 0 Å². The summed E-state index contributed by atoms with van der Waals surface area (Å²) in [6.07, 6.45) is 5.75. The number of benzene rings is 2. The van der Waals surface area contributed by atoms with Crippen LogP contribution in [-0.2, 0) is 0 Å². The number of hydrogen-bond acceptors (Lipinski definition) is 4. The molecule has 0 amide bonds. The summed E-state index contributed by atoms with van der Waals surface area (Å²) < 4.78 is 10.7. The van der Waals surface area contributed by atoms with Crippen LogP contribution in [0.1, 0.15) is 11.1 Å². The molecule has 0 saturated carbocycles. The van der Waals surface area contributed by atoms with Gasteiger partial charge >= 0.3 is 0 Å². The molecule has 2 aromatic carbocycles. The van der Waals surface area contributed by atoms with Crippen molar-refractivity contribution in [3.8, 4) is 11.5 Å². The van der Waals surface area contributed by atoms with Gasteiger partial charge in [-0.3, -0.25) is 0 Å². The van der Waals surface area contributed by atoms with Gasteiger partial charge in [-0.15, -0.1) is 0 Å². The topological polar surface area (TPSA) is 44.2 Å². The lowest BCUT2D eigenvalue weighted by atomic mass is 10.1. The Balaban J connectivity index is 2.03. The van der Waals surface area contributed by atoms with Crippen molar-refractivity contribution in [3.05, 3.63) is 59.8 Å². The second-order valence-electron chi connectivity index (χ2n) is 4.76. The van der Waals surface area contributed by atoms with Crippen LogP contribution in [0.25, 0.3) is 23.1 Å². The predicted molar refractivity (Wildman–Crippen MR) is 88.0 cm³/mol. The molecule has 0 bridgehead atoms. The van der Waals surface area contributed by atoms with Gasteiger partial charge in [-0.1, -0.05) is 30.4 Å². The molecule has 0 N–H and O–H groups in total. The van der Waals surface area contributed by atoms with Gasteiger partial charge in [-0.2, -0.15) is 10.2 Å². The minimum atomic E-state index is 0.790. The van der Waals surface area contributed by atoms with E-state index in [0.717, 1.165) is 33.5 Å². The normalized spacial score (nSPS) is 11.0. The molecule has 1 heterocycles. The number of ether oxygens (including phenoxy) is 2. The molecule has 110 valence electrons. The summed E-state index contributed by atoms with van der Waals surface area (Å²) in [5.41, 5.74) is 2.83. The van der Waals surface area contributed by atoms with Crippen molar-refractivity contribution >= 4 is 23.1 Å². The molecular weight excluding hydrogens is 276 g/mol. The second kappa shape index (κ2) is 6.26. The molecule has 0 radical (unpaired) electrons. The monoisotopic (exact) mass is 292 g/mol. The SMILES string of the molecule is COc1ccc(OC)c(/C=C/c2cnnc3ccccc23)c1. The largest absolute Gasteiger partial charge is 0.497 e. The maximum Gasteiger partial charge on any atom is 0.126 e. The van der Waals surface area contributed by atoms with Gasteiger partial charge in [-0.05, 0) is 24.3 Å². The first-order valence-electron chi connectivity index (χ1n) is 6.92. The first-order valence-corrected chi connectivity index (χ1v) is 6.92. The van der Waals surface area contributed by atoms with Crippen molar-refractivity contribution in [1.82, 2.24) is 10.2 Å². The Labute approximate surface area is 129 Å². The first-order chi connectivity index (χ1) is 10.8. The van der Waals surface area contributed by atoms with Crippen LogP contribution >= 0.6 is 0 Å². The molecular formula is C18H16N2O2. The van der Waals surface area contributed by atoms with Crippen LogP contribution in [0.5, 0.6) is 11.5 Å². The van der Waals surface area contributed by atoms with E-state index in [9.17, 15) is 0 Å². The summed E-state index contributed by atoms with van der Waals surface area (Å²) in [6, 6.07) is 13.6. The highest BCUT2D eigenvalue weighted by Crippen LogP contribution is 2.26. The predicted octanol–water partition coefficient (Wildman–Crippen LogP) is 3.82. The highest BCUT2D eigenvalue weighted by molar-refractivity contribution is 5.90. The highest BCUT2D eigenvalue weighted by Gasteiger charge is 2.03. The maximum atomic E-state index is 5.39. The van der Waals surface area contributed by atoms with Crippen LogP contribution in [0.2, 0.25) is 0 Å². The fourth-order valence-electron chi connectivity index (χ4n) is 2.31. The van der Waals surface area contributed by atoms with Gasteiger partial charge in [-0.25, -0.2) is 0 Å². The van der Waals surface area contributed by atoms with Crippen LogP contribution in [0.15, 0.2) is 48.7 Å². The van der Waals surface area contributed by atoms with E-state index in [1.807, 2.05) is 54.6 Å². The Morgan fingerprint density at radius 1 is 0.909 bits per heavy atom. The van der Waals surface area contributed by atoms with Gasteiger partial charge in [0.25, 0.3) is 0 Å². The number of hydrogen-bond donors (Lipinski definition) is 0. The molecule has 3 rings (SSSR count). The van der Waals surface area contributed by atoms with Gasteiger partial charge in [0.15, 0.2) is 0 Å². The Morgan fingerprint density at radius 2 is 1.73 bits per heavy atom. The van der Waals surface area contributed by atoms with Gasteiger partial charge in [0.2, 0.25) is 0 Å². The zero-order valence-corrected chi connectivity index (χ0v) is 12.5. The molecule has 0 atom stereocenters. The zero-order valence-electron chi connectivity index (χ0n) is 12.5. The van der Waals surface area contributed by atoms with Crippen LogP contribution in [0, 0.1) is 0 Å². The molecule has 3 aromatic rings. The Kier molecular flexibility index (Phi) is 4.01. The van der Waals surface area contributed by atoms with Gasteiger partial charge in [0, 0.05) is 16.5 Å². The molecule has 0 saturated heterocycles. The number of aromatic nitrogens is 2. The Hall–Kier alpha value is -2.88. The lowest BCUT2D eigenvalue weighted by molar-refractivity contribution is 0.402. The maximum absolute atomic E-state index is 5.39. The molecule has 1 aromatic heterocycles. The molecule has 4 heteroatoms. The molecule has 0 fully saturated rings. The van der Waals surface area contributed by atoms with Crippen molar-refractivity contribution in [2.24, 2.45) is 0 Å². The quantitative estimate of drug-likeness (QED) is 0.733. The van der Waals surface area contributed by atoms with E-state index >= 15 is 0 Å². The van der Waals surface area contributed by atoms with E-state index in [2.05, 4.69) is 10.2 Å². The van der Waals surface area contributed by atoms with E-state index < -0.39 is 0 Å². The van der Waals surface area contributed by atoms with E-state index in [0.29, 0.717) is 0 Å². The summed E-state index contributed by atoms with van der Waals surface area (Å²) in [4.78, 5) is 0. The van der Waals surface area contributed by atoms with Crippen molar-refractivity contribution in [2.75, 3.05) is 14.2 Å². The van der Waals surface area contributed by atoms with E-state index in [-0.39, 0.29) is 0 Å². The van der Waals surface area contributed by atoms with Crippen LogP contribution in [-0.4, -0.2) is 24.4 Å². The van der Waals surface area contributed by atoms with Gasteiger partial charge < -0.3 is 9.47 Å². The van der Waals surface area contributed by atoms with Crippen molar-refractivity contribution in [3.63, 3.8) is 0 Å². The summed E-state index contributed by atoms with van der Waals surface area (Å²) in [6.45, 7) is 0. The Bertz CT molecular complexity index is 823. The summed E-state index contributed by atoms with van der Waals surface area (Å²) >= 11 is 0. The molecule has 0 aliphatic carbocycles. The lowest BCUT2D eigenvalue weighted by Crippen LogP contribution is -1.90. The minimum Gasteiger partial charge on any atom is -0.497 e. The average molecular weight is 292 g/mol. The first kappa shape index (κ1) is 14.1. The van der Waals surface area contributed by atoms with E-state index in [1.165, 1.54) is 0 Å². The van der Waals surface area contributed by atoms with Crippen molar-refractivity contribution < 1.29 is 9.47 Å². The van der Waals surface area contributed by atoms with Gasteiger partial charge in [0.1, 0.15) is 11.5 Å². The third kappa shape index (κ3) is 2.76. The fourth-order valence-corrected chi connectivity index (χ4v) is 2.31. The molecule has 22 heavy (non-hydrogen) atoms. The summed E-state index contributed by atoms with van der Waals surface area (Å²) in [5.74, 6) is 1.58. The number of nitrogens with zero attached hydrogens (tertiary/aromatic N) is 2. The second-order valence-corrected chi connectivity index (χ2v) is 4.76.